The Morgan fingerprint density at radius 2 is 1.81 bits per heavy atom. The van der Waals surface area contributed by atoms with Gasteiger partial charge in [-0.2, -0.15) is 0 Å². The van der Waals surface area contributed by atoms with Gasteiger partial charge in [-0.1, -0.05) is 25.0 Å². The molecule has 0 bridgehead atoms. The van der Waals surface area contributed by atoms with E-state index in [1.54, 1.807) is 24.0 Å². The molecule has 0 saturated carbocycles. The normalized spacial score (nSPS) is 16.5. The minimum Gasteiger partial charge on any atom is -0.397 e. The summed E-state index contributed by atoms with van der Waals surface area (Å²) in [4.78, 5) is 14.0. The van der Waals surface area contributed by atoms with Crippen LogP contribution in [0.15, 0.2) is 23.1 Å². The number of hydrogen-bond acceptors (Lipinski definition) is 4. The largest absolute Gasteiger partial charge is 0.397 e. The minimum absolute atomic E-state index is 0.0608. The first-order valence-electron chi connectivity index (χ1n) is 7.27. The second-order valence-electron chi connectivity index (χ2n) is 5.54. The molecule has 1 fully saturated rings. The van der Waals surface area contributed by atoms with Gasteiger partial charge >= 0.3 is 0 Å². The SMILES string of the molecule is Cc1cccc(S(=O)(=O)CC(=O)N2CCCCCC2)c1N. The topological polar surface area (TPSA) is 80.5 Å². The molecule has 1 aliphatic rings. The second kappa shape index (κ2) is 6.47. The molecule has 5 nitrogen and oxygen atoms in total. The zero-order valence-corrected chi connectivity index (χ0v) is 13.2. The van der Waals surface area contributed by atoms with Gasteiger partial charge in [0.2, 0.25) is 5.91 Å². The third kappa shape index (κ3) is 3.75. The maximum atomic E-state index is 12.4. The fourth-order valence-corrected chi connectivity index (χ4v) is 4.02. The lowest BCUT2D eigenvalue weighted by Gasteiger charge is -2.20. The highest BCUT2D eigenvalue weighted by Crippen LogP contribution is 2.23. The van der Waals surface area contributed by atoms with Crippen LogP contribution in [0.5, 0.6) is 0 Å². The number of nitrogens with two attached hydrogens (primary N) is 1. The van der Waals surface area contributed by atoms with Crippen LogP contribution in [0, 0.1) is 6.92 Å². The molecule has 116 valence electrons. The Balaban J connectivity index is 2.17. The molecule has 21 heavy (non-hydrogen) atoms. The highest BCUT2D eigenvalue weighted by molar-refractivity contribution is 7.92. The number of anilines is 1. The van der Waals surface area contributed by atoms with Gasteiger partial charge in [0, 0.05) is 13.1 Å². The summed E-state index contributed by atoms with van der Waals surface area (Å²) in [6, 6.07) is 4.87. The summed E-state index contributed by atoms with van der Waals surface area (Å²) in [6.45, 7) is 3.06. The molecule has 1 heterocycles. The van der Waals surface area contributed by atoms with E-state index in [-0.39, 0.29) is 16.5 Å². The predicted octanol–water partition coefficient (Wildman–Crippen LogP) is 1.75. The molecule has 6 heteroatoms. The minimum atomic E-state index is -3.69. The fourth-order valence-electron chi connectivity index (χ4n) is 2.58. The molecule has 0 atom stereocenters. The van der Waals surface area contributed by atoms with Crippen molar-refractivity contribution in [2.45, 2.75) is 37.5 Å². The maximum absolute atomic E-state index is 12.4. The fraction of sp³-hybridized carbons (Fsp3) is 0.533. The number of carbonyl (C=O) groups excluding carboxylic acids is 1. The Morgan fingerprint density at radius 3 is 2.43 bits per heavy atom. The van der Waals surface area contributed by atoms with E-state index in [0.717, 1.165) is 25.7 Å². The summed E-state index contributed by atoms with van der Waals surface area (Å²) in [5.41, 5.74) is 6.79. The zero-order valence-electron chi connectivity index (χ0n) is 12.3. The third-order valence-corrected chi connectivity index (χ3v) is 5.54. The summed E-state index contributed by atoms with van der Waals surface area (Å²) >= 11 is 0. The second-order valence-corrected chi connectivity index (χ2v) is 7.50. The van der Waals surface area contributed by atoms with Gasteiger partial charge in [-0.05, 0) is 31.4 Å². The van der Waals surface area contributed by atoms with Gasteiger partial charge < -0.3 is 10.6 Å². The van der Waals surface area contributed by atoms with Crippen LogP contribution in [-0.2, 0) is 14.6 Å². The van der Waals surface area contributed by atoms with Gasteiger partial charge in [0.05, 0.1) is 10.6 Å². The van der Waals surface area contributed by atoms with Gasteiger partial charge in [-0.3, -0.25) is 4.79 Å². The lowest BCUT2D eigenvalue weighted by atomic mass is 10.2. The van der Waals surface area contributed by atoms with Crippen molar-refractivity contribution in [3.05, 3.63) is 23.8 Å². The molecule has 0 spiro atoms. The first-order chi connectivity index (χ1) is 9.92. The van der Waals surface area contributed by atoms with Crippen LogP contribution in [-0.4, -0.2) is 38.1 Å². The average Bonchev–Trinajstić information content (AvgIpc) is 2.70. The molecule has 0 radical (unpaired) electrons. The molecule has 0 unspecified atom stereocenters. The van der Waals surface area contributed by atoms with E-state index in [1.165, 1.54) is 6.07 Å². The quantitative estimate of drug-likeness (QED) is 0.863. The van der Waals surface area contributed by atoms with Gasteiger partial charge in [0.25, 0.3) is 0 Å². The Labute approximate surface area is 126 Å². The number of nitrogens with zero attached hydrogens (tertiary/aromatic N) is 1. The van der Waals surface area contributed by atoms with Crippen LogP contribution in [0.1, 0.15) is 31.2 Å². The molecular weight excluding hydrogens is 288 g/mol. The molecule has 2 N–H and O–H groups in total. The van der Waals surface area contributed by atoms with Gasteiger partial charge in [-0.25, -0.2) is 8.42 Å². The van der Waals surface area contributed by atoms with Crippen LogP contribution in [0.3, 0.4) is 0 Å². The van der Waals surface area contributed by atoms with E-state index in [9.17, 15) is 13.2 Å². The van der Waals surface area contributed by atoms with Crippen molar-refractivity contribution in [1.29, 1.82) is 0 Å². The van der Waals surface area contributed by atoms with Crippen molar-refractivity contribution in [2.75, 3.05) is 24.6 Å². The molecule has 0 aliphatic carbocycles. The third-order valence-electron chi connectivity index (χ3n) is 3.89. The first-order valence-corrected chi connectivity index (χ1v) is 8.92. The smallest absolute Gasteiger partial charge is 0.238 e. The highest BCUT2D eigenvalue weighted by atomic mass is 32.2. The van der Waals surface area contributed by atoms with E-state index < -0.39 is 15.6 Å². The molecule has 1 aromatic rings. The van der Waals surface area contributed by atoms with Crippen molar-refractivity contribution in [3.8, 4) is 0 Å². The number of aryl methyl sites for hydroxylation is 1. The molecule has 1 saturated heterocycles. The Morgan fingerprint density at radius 1 is 1.19 bits per heavy atom. The van der Waals surface area contributed by atoms with E-state index in [1.807, 2.05) is 0 Å². The number of carbonyl (C=O) groups is 1. The lowest BCUT2D eigenvalue weighted by Crippen LogP contribution is -2.36. The molecule has 0 aromatic heterocycles. The van der Waals surface area contributed by atoms with E-state index >= 15 is 0 Å². The summed E-state index contributed by atoms with van der Waals surface area (Å²) in [5, 5.41) is 0. The van der Waals surface area contributed by atoms with Crippen molar-refractivity contribution >= 4 is 21.4 Å². The van der Waals surface area contributed by atoms with E-state index in [2.05, 4.69) is 0 Å². The number of amides is 1. The molecule has 2 rings (SSSR count). The summed E-state index contributed by atoms with van der Waals surface area (Å²) < 4.78 is 24.8. The first kappa shape index (κ1) is 15.8. The number of para-hydroxylation sites is 1. The number of hydrogen-bond donors (Lipinski definition) is 1. The van der Waals surface area contributed by atoms with Crippen LogP contribution >= 0.6 is 0 Å². The number of likely N-dealkylation sites (tertiary alicyclic amines) is 1. The van der Waals surface area contributed by atoms with Crippen molar-refractivity contribution in [3.63, 3.8) is 0 Å². The number of sulfone groups is 1. The number of nitrogen functional groups attached to an aromatic ring is 1. The van der Waals surface area contributed by atoms with Gasteiger partial charge in [0.15, 0.2) is 9.84 Å². The summed E-state index contributed by atoms with van der Waals surface area (Å²) in [5.74, 6) is -0.821. The van der Waals surface area contributed by atoms with E-state index in [0.29, 0.717) is 18.7 Å². The number of benzene rings is 1. The lowest BCUT2D eigenvalue weighted by molar-refractivity contribution is -0.128. The summed E-state index contributed by atoms with van der Waals surface area (Å²) in [7, 11) is -3.69. The standard InChI is InChI=1S/C15H22N2O3S/c1-12-7-6-8-13(15(12)16)21(19,20)11-14(18)17-9-4-2-3-5-10-17/h6-8H,2-5,9-11,16H2,1H3. The maximum Gasteiger partial charge on any atom is 0.238 e. The summed E-state index contributed by atoms with van der Waals surface area (Å²) in [6.07, 6.45) is 4.08. The van der Waals surface area contributed by atoms with Crippen molar-refractivity contribution in [1.82, 2.24) is 4.90 Å². The van der Waals surface area contributed by atoms with Gasteiger partial charge in [-0.15, -0.1) is 0 Å². The highest BCUT2D eigenvalue weighted by Gasteiger charge is 2.25. The van der Waals surface area contributed by atoms with Crippen LogP contribution in [0.2, 0.25) is 0 Å². The number of rotatable bonds is 3. The Kier molecular flexibility index (Phi) is 4.88. The Hall–Kier alpha value is -1.56. The zero-order chi connectivity index (χ0) is 15.5. The van der Waals surface area contributed by atoms with Gasteiger partial charge in [0.1, 0.15) is 5.75 Å². The molecule has 1 aromatic carbocycles. The van der Waals surface area contributed by atoms with Crippen molar-refractivity contribution in [2.24, 2.45) is 0 Å². The monoisotopic (exact) mass is 310 g/mol. The van der Waals surface area contributed by atoms with Crippen LogP contribution in [0.4, 0.5) is 5.69 Å². The predicted molar refractivity (Wildman–Crippen MR) is 82.7 cm³/mol. The van der Waals surface area contributed by atoms with E-state index in [4.69, 9.17) is 5.73 Å². The Bertz CT molecular complexity index is 618. The molecular formula is C15H22N2O3S. The molecule has 1 amide bonds. The van der Waals surface area contributed by atoms with Crippen LogP contribution < -0.4 is 5.73 Å². The van der Waals surface area contributed by atoms with Crippen LogP contribution in [0.25, 0.3) is 0 Å². The average molecular weight is 310 g/mol. The molecule has 1 aliphatic heterocycles. The van der Waals surface area contributed by atoms with Crippen molar-refractivity contribution < 1.29 is 13.2 Å².